The monoisotopic (exact) mass is 364 g/mol. The van der Waals surface area contributed by atoms with Crippen LogP contribution in [0, 0.1) is 6.92 Å². The molecule has 0 spiro atoms. The van der Waals surface area contributed by atoms with Crippen molar-refractivity contribution in [2.75, 3.05) is 53.6 Å². The van der Waals surface area contributed by atoms with Gasteiger partial charge in [0.05, 0.1) is 6.61 Å². The lowest BCUT2D eigenvalue weighted by atomic mass is 10.1. The van der Waals surface area contributed by atoms with Crippen molar-refractivity contribution in [3.8, 4) is 5.75 Å². The van der Waals surface area contributed by atoms with Crippen LogP contribution < -0.4 is 15.4 Å². The summed E-state index contributed by atoms with van der Waals surface area (Å²) in [5.74, 6) is 1.70. The first-order valence-corrected chi connectivity index (χ1v) is 9.52. The van der Waals surface area contributed by atoms with Crippen LogP contribution in [0.5, 0.6) is 5.75 Å². The van der Waals surface area contributed by atoms with E-state index in [1.165, 1.54) is 12.0 Å². The molecule has 1 aromatic rings. The molecule has 6 nitrogen and oxygen atoms in total. The molecule has 0 heterocycles. The van der Waals surface area contributed by atoms with Crippen LogP contribution in [-0.4, -0.2) is 64.4 Å². The second kappa shape index (κ2) is 13.4. The summed E-state index contributed by atoms with van der Waals surface area (Å²) in [4.78, 5) is 6.74. The maximum Gasteiger partial charge on any atom is 0.191 e. The molecule has 0 saturated heterocycles. The minimum Gasteiger partial charge on any atom is -0.491 e. The van der Waals surface area contributed by atoms with Crippen molar-refractivity contribution >= 4 is 5.96 Å². The molecule has 0 bridgehead atoms. The number of guanidine groups is 1. The van der Waals surface area contributed by atoms with Gasteiger partial charge in [0.1, 0.15) is 12.4 Å². The molecule has 0 saturated carbocycles. The molecule has 2 N–H and O–H groups in total. The summed E-state index contributed by atoms with van der Waals surface area (Å²) in [6.45, 7) is 12.4. The number of ether oxygens (including phenoxy) is 2. The first-order valence-electron chi connectivity index (χ1n) is 9.52. The van der Waals surface area contributed by atoms with E-state index < -0.39 is 0 Å². The highest BCUT2D eigenvalue weighted by Crippen LogP contribution is 2.20. The van der Waals surface area contributed by atoms with E-state index in [1.807, 2.05) is 0 Å². The number of rotatable bonds is 12. The number of nitrogens with zero attached hydrogens (tertiary/aromatic N) is 2. The van der Waals surface area contributed by atoms with Crippen molar-refractivity contribution in [2.45, 2.75) is 33.7 Å². The van der Waals surface area contributed by atoms with Gasteiger partial charge in [0.15, 0.2) is 5.96 Å². The van der Waals surface area contributed by atoms with Crippen molar-refractivity contribution in [1.29, 1.82) is 0 Å². The normalized spacial score (nSPS) is 11.7. The predicted molar refractivity (Wildman–Crippen MR) is 109 cm³/mol. The number of benzene rings is 1. The highest BCUT2D eigenvalue weighted by atomic mass is 16.5. The fourth-order valence-electron chi connectivity index (χ4n) is 2.65. The third-order valence-corrected chi connectivity index (χ3v) is 4.15. The molecule has 0 unspecified atom stereocenters. The van der Waals surface area contributed by atoms with E-state index in [9.17, 15) is 0 Å². The van der Waals surface area contributed by atoms with Crippen LogP contribution in [0.15, 0.2) is 23.2 Å². The largest absolute Gasteiger partial charge is 0.491 e. The van der Waals surface area contributed by atoms with Crippen LogP contribution in [0.2, 0.25) is 0 Å². The van der Waals surface area contributed by atoms with Gasteiger partial charge in [-0.05, 0) is 38.1 Å². The van der Waals surface area contributed by atoms with Crippen molar-refractivity contribution in [2.24, 2.45) is 4.99 Å². The average Bonchev–Trinajstić information content (AvgIpc) is 2.65. The van der Waals surface area contributed by atoms with Gasteiger partial charge in [-0.15, -0.1) is 0 Å². The number of aliphatic imine (C=N–C) groups is 1. The van der Waals surface area contributed by atoms with Gasteiger partial charge in [-0.1, -0.05) is 26.0 Å². The first kappa shape index (κ1) is 22.3. The molecule has 6 heteroatoms. The summed E-state index contributed by atoms with van der Waals surface area (Å²) in [6.07, 6.45) is 1.18. The van der Waals surface area contributed by atoms with Gasteiger partial charge in [-0.25, -0.2) is 0 Å². The molecule has 0 fully saturated rings. The molecular weight excluding hydrogens is 328 g/mol. The molecule has 0 aliphatic rings. The molecule has 0 radical (unpaired) electrons. The minimum absolute atomic E-state index is 0.546. The number of aryl methyl sites for hydroxylation is 1. The molecule has 0 aliphatic carbocycles. The maximum atomic E-state index is 5.85. The lowest BCUT2D eigenvalue weighted by molar-refractivity contribution is 0.145. The Morgan fingerprint density at radius 3 is 2.62 bits per heavy atom. The second-order valence-corrected chi connectivity index (χ2v) is 6.24. The predicted octanol–water partition coefficient (Wildman–Crippen LogP) is 2.42. The Bertz CT molecular complexity index is 535. The quantitative estimate of drug-likeness (QED) is 0.339. The molecule has 0 aliphatic heterocycles. The molecule has 0 atom stereocenters. The summed E-state index contributed by atoms with van der Waals surface area (Å²) in [5.41, 5.74) is 2.29. The third-order valence-electron chi connectivity index (χ3n) is 4.15. The summed E-state index contributed by atoms with van der Waals surface area (Å²) < 4.78 is 10.9. The van der Waals surface area contributed by atoms with Gasteiger partial charge in [-0.3, -0.25) is 4.99 Å². The van der Waals surface area contributed by atoms with Crippen LogP contribution in [0.3, 0.4) is 0 Å². The van der Waals surface area contributed by atoms with Crippen LogP contribution in [0.1, 0.15) is 31.4 Å². The van der Waals surface area contributed by atoms with E-state index in [2.05, 4.69) is 59.5 Å². The Kier molecular flexibility index (Phi) is 11.5. The topological polar surface area (TPSA) is 58.1 Å². The Morgan fingerprint density at radius 2 is 1.96 bits per heavy atom. The zero-order chi connectivity index (χ0) is 19.2. The average molecular weight is 365 g/mol. The Balaban J connectivity index is 2.52. The van der Waals surface area contributed by atoms with Crippen molar-refractivity contribution < 1.29 is 9.47 Å². The summed E-state index contributed by atoms with van der Waals surface area (Å²) >= 11 is 0. The Hall–Kier alpha value is -1.79. The van der Waals surface area contributed by atoms with E-state index in [4.69, 9.17) is 9.47 Å². The lowest BCUT2D eigenvalue weighted by Gasteiger charge is -2.20. The zero-order valence-corrected chi connectivity index (χ0v) is 17.1. The molecule has 0 amide bonds. The molecule has 1 aromatic carbocycles. The molecule has 26 heavy (non-hydrogen) atoms. The van der Waals surface area contributed by atoms with E-state index in [-0.39, 0.29) is 0 Å². The Morgan fingerprint density at radius 1 is 1.15 bits per heavy atom. The fourth-order valence-corrected chi connectivity index (χ4v) is 2.65. The standard InChI is InChI=1S/C20H36N4O2/c1-6-11-24(7-2)12-10-22-20(21-4)23-16-18-9-8-17(3)15-19(18)26-14-13-25-5/h8-9,15H,6-7,10-14,16H2,1-5H3,(H2,21,22,23). The third kappa shape index (κ3) is 8.54. The number of likely N-dealkylation sites (N-methyl/N-ethyl adjacent to an activating group) is 1. The van der Waals surface area contributed by atoms with E-state index in [0.717, 1.165) is 43.5 Å². The van der Waals surface area contributed by atoms with Gasteiger partial charge in [-0.2, -0.15) is 0 Å². The van der Waals surface area contributed by atoms with Gasteiger partial charge in [0.2, 0.25) is 0 Å². The summed E-state index contributed by atoms with van der Waals surface area (Å²) in [5, 5.41) is 6.75. The lowest BCUT2D eigenvalue weighted by Crippen LogP contribution is -2.41. The van der Waals surface area contributed by atoms with Crippen LogP contribution >= 0.6 is 0 Å². The summed E-state index contributed by atoms with van der Waals surface area (Å²) in [7, 11) is 3.47. The van der Waals surface area contributed by atoms with Gasteiger partial charge >= 0.3 is 0 Å². The highest BCUT2D eigenvalue weighted by Gasteiger charge is 2.07. The number of methoxy groups -OCH3 is 1. The smallest absolute Gasteiger partial charge is 0.191 e. The van der Waals surface area contributed by atoms with Gasteiger partial charge in [0, 0.05) is 39.4 Å². The molecular formula is C20H36N4O2. The maximum absolute atomic E-state index is 5.85. The van der Waals surface area contributed by atoms with Crippen LogP contribution in [0.4, 0.5) is 0 Å². The minimum atomic E-state index is 0.546. The first-order chi connectivity index (χ1) is 12.6. The summed E-state index contributed by atoms with van der Waals surface area (Å²) in [6, 6.07) is 6.25. The van der Waals surface area contributed by atoms with Crippen LogP contribution in [-0.2, 0) is 11.3 Å². The second-order valence-electron chi connectivity index (χ2n) is 6.24. The van der Waals surface area contributed by atoms with E-state index in [1.54, 1.807) is 14.2 Å². The van der Waals surface area contributed by atoms with Crippen molar-refractivity contribution in [3.63, 3.8) is 0 Å². The molecule has 148 valence electrons. The van der Waals surface area contributed by atoms with Crippen molar-refractivity contribution in [3.05, 3.63) is 29.3 Å². The molecule has 1 rings (SSSR count). The number of hydrogen-bond donors (Lipinski definition) is 2. The van der Waals surface area contributed by atoms with E-state index >= 15 is 0 Å². The SMILES string of the molecule is CCCN(CC)CCNC(=NC)NCc1ccc(C)cc1OCCOC. The zero-order valence-electron chi connectivity index (χ0n) is 17.1. The van der Waals surface area contributed by atoms with Gasteiger partial charge in [0.25, 0.3) is 0 Å². The highest BCUT2D eigenvalue weighted by molar-refractivity contribution is 5.79. The molecule has 0 aromatic heterocycles. The number of nitrogens with one attached hydrogen (secondary N) is 2. The van der Waals surface area contributed by atoms with Crippen molar-refractivity contribution in [1.82, 2.24) is 15.5 Å². The van der Waals surface area contributed by atoms with Gasteiger partial charge < -0.3 is 25.0 Å². The fraction of sp³-hybridized carbons (Fsp3) is 0.650. The number of hydrogen-bond acceptors (Lipinski definition) is 4. The van der Waals surface area contributed by atoms with E-state index in [0.29, 0.717) is 19.8 Å². The Labute approximate surface area is 159 Å². The van der Waals surface area contributed by atoms with Crippen LogP contribution in [0.25, 0.3) is 0 Å².